The second-order valence-electron chi connectivity index (χ2n) is 4.86. The molecule has 0 saturated heterocycles. The number of anilines is 1. The molecular weight excluding hydrogens is 303 g/mol. The molecule has 2 rings (SSSR count). The van der Waals surface area contributed by atoms with Gasteiger partial charge in [0.05, 0.1) is 10.6 Å². The van der Waals surface area contributed by atoms with Crippen LogP contribution in [0.15, 0.2) is 42.5 Å². The highest BCUT2D eigenvalue weighted by Gasteiger charge is 2.19. The average molecular weight is 318 g/mol. The minimum Gasteiger partial charge on any atom is -0.408 e. The first kappa shape index (κ1) is 16.4. The molecule has 0 spiro atoms. The maximum Gasteiger partial charge on any atom is 0.448 e. The Bertz CT molecular complexity index is 731. The molecule has 0 N–H and O–H groups in total. The van der Waals surface area contributed by atoms with Crippen molar-refractivity contribution in [3.63, 3.8) is 0 Å². The van der Waals surface area contributed by atoms with Crippen LogP contribution in [-0.2, 0) is 6.42 Å². The number of carbonyl (C=O) groups is 1. The summed E-state index contributed by atoms with van der Waals surface area (Å²) in [5.41, 5.74) is 1.86. The van der Waals surface area contributed by atoms with Crippen LogP contribution in [0.1, 0.15) is 18.1 Å². The van der Waals surface area contributed by atoms with Crippen LogP contribution in [0, 0.1) is 17.0 Å². The molecule has 2 aromatic rings. The van der Waals surface area contributed by atoms with Gasteiger partial charge in [-0.2, -0.15) is 0 Å². The van der Waals surface area contributed by atoms with Gasteiger partial charge in [0.15, 0.2) is 0 Å². The molecule has 0 unspecified atom stereocenters. The predicted molar refractivity (Wildman–Crippen MR) is 83.3 cm³/mol. The molecule has 0 radical (unpaired) electrons. The van der Waals surface area contributed by atoms with Crippen LogP contribution >= 0.6 is 0 Å². The second-order valence-corrected chi connectivity index (χ2v) is 4.86. The van der Waals surface area contributed by atoms with Gasteiger partial charge >= 0.3 is 6.09 Å². The molecule has 0 bridgehead atoms. The maximum absolute atomic E-state index is 14.1. The molecule has 0 aromatic heterocycles. The SMILES string of the molecule is CCc1cc(N(F)C(=O)Oc2ccc([N+](=O)[O-])cc2)ccc1C. The minimum atomic E-state index is -1.22. The van der Waals surface area contributed by atoms with Crippen LogP contribution in [0.4, 0.5) is 20.7 Å². The molecule has 7 heteroatoms. The average Bonchev–Trinajstić information content (AvgIpc) is 2.55. The quantitative estimate of drug-likeness (QED) is 0.477. The van der Waals surface area contributed by atoms with E-state index in [0.29, 0.717) is 6.42 Å². The highest BCUT2D eigenvalue weighted by molar-refractivity contribution is 5.87. The Morgan fingerprint density at radius 3 is 2.48 bits per heavy atom. The number of rotatable bonds is 4. The third kappa shape index (κ3) is 3.82. The Kier molecular flexibility index (Phi) is 4.90. The maximum atomic E-state index is 14.1. The minimum absolute atomic E-state index is 0.0195. The summed E-state index contributed by atoms with van der Waals surface area (Å²) in [7, 11) is 0. The number of nitrogens with zero attached hydrogens (tertiary/aromatic N) is 2. The summed E-state index contributed by atoms with van der Waals surface area (Å²) in [5.74, 6) is 0.0195. The molecule has 6 nitrogen and oxygen atoms in total. The fraction of sp³-hybridized carbons (Fsp3) is 0.188. The van der Waals surface area contributed by atoms with Gasteiger partial charge in [-0.15, -0.1) is 5.12 Å². The van der Waals surface area contributed by atoms with E-state index in [1.54, 1.807) is 12.1 Å². The zero-order chi connectivity index (χ0) is 17.0. The normalized spacial score (nSPS) is 10.2. The van der Waals surface area contributed by atoms with Crippen molar-refractivity contribution in [2.75, 3.05) is 5.12 Å². The molecule has 0 aliphatic heterocycles. The highest BCUT2D eigenvalue weighted by Crippen LogP contribution is 2.23. The number of benzene rings is 2. The molecular formula is C16H15FN2O4. The lowest BCUT2D eigenvalue weighted by atomic mass is 10.1. The summed E-state index contributed by atoms with van der Waals surface area (Å²) < 4.78 is 19.0. The van der Waals surface area contributed by atoms with Crippen molar-refractivity contribution in [2.24, 2.45) is 0 Å². The van der Waals surface area contributed by atoms with Crippen molar-refractivity contribution >= 4 is 17.5 Å². The summed E-state index contributed by atoms with van der Waals surface area (Å²) in [4.78, 5) is 21.8. The van der Waals surface area contributed by atoms with Gasteiger partial charge in [0.2, 0.25) is 0 Å². The summed E-state index contributed by atoms with van der Waals surface area (Å²) in [5, 5.41) is 10.4. The predicted octanol–water partition coefficient (Wildman–Crippen LogP) is 4.36. The molecule has 0 aliphatic rings. The topological polar surface area (TPSA) is 72.7 Å². The van der Waals surface area contributed by atoms with Crippen LogP contribution in [0.25, 0.3) is 0 Å². The van der Waals surface area contributed by atoms with Crippen molar-refractivity contribution in [3.8, 4) is 5.75 Å². The monoisotopic (exact) mass is 318 g/mol. The number of non-ortho nitro benzene ring substituents is 1. The number of hydrogen-bond acceptors (Lipinski definition) is 4. The van der Waals surface area contributed by atoms with Crippen LogP contribution in [0.3, 0.4) is 0 Å². The Hall–Kier alpha value is -2.96. The molecule has 23 heavy (non-hydrogen) atoms. The molecule has 0 fully saturated rings. The van der Waals surface area contributed by atoms with Gasteiger partial charge in [0, 0.05) is 12.1 Å². The first-order valence-corrected chi connectivity index (χ1v) is 6.94. The molecule has 1 amide bonds. The van der Waals surface area contributed by atoms with E-state index in [4.69, 9.17) is 4.74 Å². The summed E-state index contributed by atoms with van der Waals surface area (Å²) >= 11 is 0. The van der Waals surface area contributed by atoms with E-state index in [-0.39, 0.29) is 22.2 Å². The Balaban J connectivity index is 2.12. The van der Waals surface area contributed by atoms with Gasteiger partial charge in [-0.3, -0.25) is 10.1 Å². The summed E-state index contributed by atoms with van der Waals surface area (Å²) in [6, 6.07) is 9.59. The number of hydrogen-bond donors (Lipinski definition) is 0. The van der Waals surface area contributed by atoms with Crippen molar-refractivity contribution in [3.05, 3.63) is 63.7 Å². The smallest absolute Gasteiger partial charge is 0.408 e. The molecule has 2 aromatic carbocycles. The number of aryl methyl sites for hydroxylation is 2. The van der Waals surface area contributed by atoms with Crippen molar-refractivity contribution < 1.29 is 18.9 Å². The van der Waals surface area contributed by atoms with Gasteiger partial charge in [0.1, 0.15) is 5.75 Å². The lowest BCUT2D eigenvalue weighted by Crippen LogP contribution is -2.25. The number of halogens is 1. The van der Waals surface area contributed by atoms with E-state index in [2.05, 4.69) is 0 Å². The van der Waals surface area contributed by atoms with E-state index >= 15 is 0 Å². The fourth-order valence-electron chi connectivity index (χ4n) is 2.04. The first-order valence-electron chi connectivity index (χ1n) is 6.94. The highest BCUT2D eigenvalue weighted by atomic mass is 19.2. The molecule has 0 atom stereocenters. The van der Waals surface area contributed by atoms with Crippen LogP contribution in [0.2, 0.25) is 0 Å². The zero-order valence-electron chi connectivity index (χ0n) is 12.7. The standard InChI is InChI=1S/C16H15FN2O4/c1-3-12-10-14(5-4-11(12)2)18(17)16(20)23-15-8-6-13(7-9-15)19(21)22/h4-10H,3H2,1-2H3. The second kappa shape index (κ2) is 6.87. The summed E-state index contributed by atoms with van der Waals surface area (Å²) in [6.07, 6.45) is -0.505. The molecule has 120 valence electrons. The third-order valence-corrected chi connectivity index (χ3v) is 3.35. The van der Waals surface area contributed by atoms with E-state index in [0.717, 1.165) is 11.1 Å². The van der Waals surface area contributed by atoms with E-state index in [1.807, 2.05) is 13.8 Å². The van der Waals surface area contributed by atoms with Gasteiger partial charge < -0.3 is 4.74 Å². The number of ether oxygens (including phenoxy) is 1. The zero-order valence-corrected chi connectivity index (χ0v) is 12.7. The van der Waals surface area contributed by atoms with Crippen molar-refractivity contribution in [1.82, 2.24) is 0 Å². The fourth-order valence-corrected chi connectivity index (χ4v) is 2.04. The van der Waals surface area contributed by atoms with Crippen molar-refractivity contribution in [1.29, 1.82) is 0 Å². The van der Waals surface area contributed by atoms with Crippen molar-refractivity contribution in [2.45, 2.75) is 20.3 Å². The summed E-state index contributed by atoms with van der Waals surface area (Å²) in [6.45, 7) is 3.84. The van der Waals surface area contributed by atoms with Crippen LogP contribution < -0.4 is 9.86 Å². The Morgan fingerprint density at radius 2 is 1.91 bits per heavy atom. The molecule has 0 saturated carbocycles. The van der Waals surface area contributed by atoms with Crippen LogP contribution in [-0.4, -0.2) is 11.0 Å². The lowest BCUT2D eigenvalue weighted by Gasteiger charge is -2.14. The van der Waals surface area contributed by atoms with E-state index in [1.165, 1.54) is 30.3 Å². The number of carbonyl (C=O) groups excluding carboxylic acids is 1. The van der Waals surface area contributed by atoms with Crippen LogP contribution in [0.5, 0.6) is 5.75 Å². The van der Waals surface area contributed by atoms with Gasteiger partial charge in [-0.25, -0.2) is 4.79 Å². The van der Waals surface area contributed by atoms with Gasteiger partial charge in [-0.1, -0.05) is 17.5 Å². The number of nitro groups is 1. The lowest BCUT2D eigenvalue weighted by molar-refractivity contribution is -0.384. The first-order chi connectivity index (χ1) is 10.9. The Morgan fingerprint density at radius 1 is 1.26 bits per heavy atom. The number of nitro benzene ring substituents is 1. The molecule has 0 aliphatic carbocycles. The number of amides is 1. The largest absolute Gasteiger partial charge is 0.448 e. The van der Waals surface area contributed by atoms with E-state index in [9.17, 15) is 19.4 Å². The van der Waals surface area contributed by atoms with E-state index < -0.39 is 11.0 Å². The van der Waals surface area contributed by atoms with Gasteiger partial charge in [0.25, 0.3) is 5.69 Å². The molecule has 0 heterocycles. The third-order valence-electron chi connectivity index (χ3n) is 3.35. The Labute approximate surface area is 132 Å². The van der Waals surface area contributed by atoms with Gasteiger partial charge in [-0.05, 0) is 48.7 Å².